The van der Waals surface area contributed by atoms with Crippen molar-refractivity contribution >= 4 is 33.4 Å². The Morgan fingerprint density at radius 2 is 1.77 bits per heavy atom. The minimum Gasteiger partial charge on any atom is -0.454 e. The number of hydrogen-bond acceptors (Lipinski definition) is 4. The van der Waals surface area contributed by atoms with Crippen LogP contribution in [-0.4, -0.2) is 25.4 Å². The third-order valence-electron chi connectivity index (χ3n) is 4.68. The number of hydrogen-bond donors (Lipinski definition) is 0. The van der Waals surface area contributed by atoms with Crippen molar-refractivity contribution in [3.63, 3.8) is 0 Å². The molecule has 0 aromatic heterocycles. The van der Waals surface area contributed by atoms with Gasteiger partial charge in [-0.15, -0.1) is 0 Å². The molecule has 5 heteroatoms. The molecule has 1 aliphatic rings. The maximum atomic E-state index is 12.4. The lowest BCUT2D eigenvalue weighted by Gasteiger charge is -2.23. The van der Waals surface area contributed by atoms with E-state index < -0.39 is 5.97 Å². The van der Waals surface area contributed by atoms with Gasteiger partial charge in [-0.25, -0.2) is 4.79 Å². The molecule has 26 heavy (non-hydrogen) atoms. The Hall–Kier alpha value is -2.40. The van der Waals surface area contributed by atoms with Crippen molar-refractivity contribution in [2.24, 2.45) is 0 Å². The van der Waals surface area contributed by atoms with Crippen molar-refractivity contribution < 1.29 is 14.3 Å². The molecule has 0 saturated heterocycles. The van der Waals surface area contributed by atoms with Gasteiger partial charge < -0.3 is 9.64 Å². The molecule has 1 heterocycles. The Labute approximate surface area is 161 Å². The molecule has 134 valence electrons. The summed E-state index contributed by atoms with van der Waals surface area (Å²) in [7, 11) is 1.94. The summed E-state index contributed by atoms with van der Waals surface area (Å²) >= 11 is 3.31. The number of benzene rings is 2. The van der Waals surface area contributed by atoms with E-state index >= 15 is 0 Å². The normalized spacial score (nSPS) is 16.5. The lowest BCUT2D eigenvalue weighted by Crippen LogP contribution is -2.25. The number of carbonyl (C=O) groups is 2. The van der Waals surface area contributed by atoms with Gasteiger partial charge in [-0.1, -0.05) is 44.2 Å². The van der Waals surface area contributed by atoms with E-state index in [0.29, 0.717) is 10.0 Å². The molecule has 2 aromatic rings. The number of para-hydroxylation sites is 1. The summed E-state index contributed by atoms with van der Waals surface area (Å²) in [6.45, 7) is 3.88. The van der Waals surface area contributed by atoms with Crippen LogP contribution in [-0.2, 0) is 14.9 Å². The first-order chi connectivity index (χ1) is 12.3. The summed E-state index contributed by atoms with van der Waals surface area (Å²) in [6.07, 6.45) is 1.58. The number of ether oxygens (including phenoxy) is 1. The highest BCUT2D eigenvalue weighted by atomic mass is 79.9. The molecule has 0 aliphatic carbocycles. The molecule has 2 aromatic carbocycles. The number of esters is 1. The standard InChI is InChI=1S/C21H20BrNO3/c1-21(2)16-9-5-7-11-18(16)23(3)19(21)12-14(24)13-26-20(25)15-8-4-6-10-17(15)22/h4-12H,13H2,1-3H3/b19-12-. The molecular weight excluding hydrogens is 394 g/mol. The van der Waals surface area contributed by atoms with Crippen LogP contribution < -0.4 is 4.90 Å². The van der Waals surface area contributed by atoms with Crippen molar-refractivity contribution in [3.05, 3.63) is 75.9 Å². The van der Waals surface area contributed by atoms with Crippen LogP contribution in [0.15, 0.2) is 64.8 Å². The lowest BCUT2D eigenvalue weighted by atomic mass is 9.83. The van der Waals surface area contributed by atoms with Gasteiger partial charge in [-0.3, -0.25) is 4.79 Å². The average molecular weight is 414 g/mol. The largest absolute Gasteiger partial charge is 0.454 e. The molecule has 0 amide bonds. The van der Waals surface area contributed by atoms with Gasteiger partial charge in [0, 0.05) is 34.4 Å². The zero-order valence-corrected chi connectivity index (χ0v) is 16.5. The maximum absolute atomic E-state index is 12.4. The van der Waals surface area contributed by atoms with Crippen molar-refractivity contribution in [2.45, 2.75) is 19.3 Å². The van der Waals surface area contributed by atoms with Crippen molar-refractivity contribution in [1.82, 2.24) is 0 Å². The van der Waals surface area contributed by atoms with Gasteiger partial charge in [0.05, 0.1) is 5.56 Å². The quantitative estimate of drug-likeness (QED) is 0.547. The van der Waals surface area contributed by atoms with Crippen LogP contribution in [0.4, 0.5) is 5.69 Å². The summed E-state index contributed by atoms with van der Waals surface area (Å²) in [6, 6.07) is 15.1. The first kappa shape index (κ1) is 18.4. The SMILES string of the molecule is CN1/C(=C\C(=O)COC(=O)c2ccccc2Br)C(C)(C)c2ccccc21. The van der Waals surface area contributed by atoms with E-state index in [2.05, 4.69) is 35.8 Å². The van der Waals surface area contributed by atoms with E-state index in [1.807, 2.05) is 36.2 Å². The Morgan fingerprint density at radius 3 is 2.46 bits per heavy atom. The highest BCUT2D eigenvalue weighted by Gasteiger charge is 2.38. The number of allylic oxidation sites excluding steroid dienone is 1. The molecule has 3 rings (SSSR count). The Kier molecular flexibility index (Phi) is 5.01. The predicted molar refractivity (Wildman–Crippen MR) is 105 cm³/mol. The van der Waals surface area contributed by atoms with E-state index in [1.54, 1.807) is 24.3 Å². The molecule has 0 saturated carbocycles. The summed E-state index contributed by atoms with van der Waals surface area (Å²) in [5, 5.41) is 0. The fourth-order valence-corrected chi connectivity index (χ4v) is 3.74. The van der Waals surface area contributed by atoms with Crippen LogP contribution in [0.3, 0.4) is 0 Å². The predicted octanol–water partition coefficient (Wildman–Crippen LogP) is 4.49. The summed E-state index contributed by atoms with van der Waals surface area (Å²) in [5.74, 6) is -0.764. The van der Waals surface area contributed by atoms with E-state index in [1.165, 1.54) is 5.56 Å². The van der Waals surface area contributed by atoms with Gasteiger partial charge in [0.2, 0.25) is 0 Å². The van der Waals surface area contributed by atoms with E-state index in [-0.39, 0.29) is 17.8 Å². The number of likely N-dealkylation sites (N-methyl/N-ethyl adjacent to an activating group) is 1. The number of carbonyl (C=O) groups excluding carboxylic acids is 2. The lowest BCUT2D eigenvalue weighted by molar-refractivity contribution is -0.117. The Morgan fingerprint density at radius 1 is 1.12 bits per heavy atom. The fraction of sp³-hybridized carbons (Fsp3) is 0.238. The Balaban J connectivity index is 1.74. The summed E-state index contributed by atoms with van der Waals surface area (Å²) in [5.41, 5.74) is 3.26. The van der Waals surface area contributed by atoms with Crippen LogP contribution >= 0.6 is 15.9 Å². The minimum atomic E-state index is -0.522. The van der Waals surface area contributed by atoms with Crippen molar-refractivity contribution in [1.29, 1.82) is 0 Å². The highest BCUT2D eigenvalue weighted by molar-refractivity contribution is 9.10. The highest BCUT2D eigenvalue weighted by Crippen LogP contribution is 2.46. The second kappa shape index (κ2) is 7.08. The van der Waals surface area contributed by atoms with Gasteiger partial charge in [-0.2, -0.15) is 0 Å². The molecule has 4 nitrogen and oxygen atoms in total. The molecule has 0 spiro atoms. The van der Waals surface area contributed by atoms with Crippen LogP contribution in [0.1, 0.15) is 29.8 Å². The smallest absolute Gasteiger partial charge is 0.339 e. The van der Waals surface area contributed by atoms with Crippen LogP contribution in [0.25, 0.3) is 0 Å². The summed E-state index contributed by atoms with van der Waals surface area (Å²) < 4.78 is 5.82. The van der Waals surface area contributed by atoms with Gasteiger partial charge in [-0.05, 0) is 39.7 Å². The van der Waals surface area contributed by atoms with E-state index in [9.17, 15) is 9.59 Å². The van der Waals surface area contributed by atoms with Crippen LogP contribution in [0.2, 0.25) is 0 Å². The maximum Gasteiger partial charge on any atom is 0.339 e. The molecule has 0 radical (unpaired) electrons. The first-order valence-electron chi connectivity index (χ1n) is 8.32. The minimum absolute atomic E-state index is 0.242. The van der Waals surface area contributed by atoms with Gasteiger partial charge >= 0.3 is 5.97 Å². The second-order valence-electron chi connectivity index (χ2n) is 6.75. The molecule has 0 N–H and O–H groups in total. The fourth-order valence-electron chi connectivity index (χ4n) is 3.29. The van der Waals surface area contributed by atoms with Gasteiger partial charge in [0.1, 0.15) is 0 Å². The van der Waals surface area contributed by atoms with Gasteiger partial charge in [0.25, 0.3) is 0 Å². The van der Waals surface area contributed by atoms with E-state index in [4.69, 9.17) is 4.74 Å². The van der Waals surface area contributed by atoms with Crippen molar-refractivity contribution in [3.8, 4) is 0 Å². The molecule has 0 fully saturated rings. The second-order valence-corrected chi connectivity index (χ2v) is 7.61. The zero-order valence-electron chi connectivity index (χ0n) is 15.0. The number of nitrogens with zero attached hydrogens (tertiary/aromatic N) is 1. The molecule has 0 atom stereocenters. The molecule has 0 unspecified atom stereocenters. The van der Waals surface area contributed by atoms with Crippen LogP contribution in [0, 0.1) is 0 Å². The summed E-state index contributed by atoms with van der Waals surface area (Å²) in [4.78, 5) is 26.6. The van der Waals surface area contributed by atoms with E-state index in [0.717, 1.165) is 11.4 Å². The molecule has 0 bridgehead atoms. The van der Waals surface area contributed by atoms with Crippen molar-refractivity contribution in [2.75, 3.05) is 18.6 Å². The van der Waals surface area contributed by atoms with Crippen LogP contribution in [0.5, 0.6) is 0 Å². The van der Waals surface area contributed by atoms with Gasteiger partial charge in [0.15, 0.2) is 12.4 Å². The topological polar surface area (TPSA) is 46.6 Å². The number of fused-ring (bicyclic) bond motifs is 1. The molecule has 1 aliphatic heterocycles. The third-order valence-corrected chi connectivity index (χ3v) is 5.37. The Bertz CT molecular complexity index is 902. The third kappa shape index (κ3) is 3.31. The number of anilines is 1. The number of rotatable bonds is 4. The monoisotopic (exact) mass is 413 g/mol. The first-order valence-corrected chi connectivity index (χ1v) is 9.11. The number of ketones is 1. The average Bonchev–Trinajstić information content (AvgIpc) is 2.81. The molecular formula is C21H20BrNO3. The zero-order chi connectivity index (χ0) is 18.9. The number of halogens is 1.